The van der Waals surface area contributed by atoms with Crippen molar-refractivity contribution in [3.05, 3.63) is 32.8 Å². The second-order valence-corrected chi connectivity index (χ2v) is 6.99. The third-order valence-corrected chi connectivity index (χ3v) is 3.84. The number of carboxylic acid groups (broad SMARTS) is 1. The van der Waals surface area contributed by atoms with Gasteiger partial charge >= 0.3 is 5.97 Å². The van der Waals surface area contributed by atoms with E-state index in [1.54, 1.807) is 0 Å². The molecule has 0 radical (unpaired) electrons. The summed E-state index contributed by atoms with van der Waals surface area (Å²) in [5, 5.41) is 22.3. The number of anilines is 1. The Morgan fingerprint density at radius 1 is 1.48 bits per heavy atom. The SMILES string of the molecule is CS(=O)(=O)CCCNc1c(Cl)cc([N+](=O)[O-])cc1C(=O)O. The van der Waals surface area contributed by atoms with Crippen LogP contribution in [0.3, 0.4) is 0 Å². The highest BCUT2D eigenvalue weighted by Crippen LogP contribution is 2.31. The van der Waals surface area contributed by atoms with Gasteiger partial charge in [-0.15, -0.1) is 0 Å². The third-order valence-electron chi connectivity index (χ3n) is 2.51. The molecule has 10 heteroatoms. The Bertz CT molecular complexity index is 674. The highest BCUT2D eigenvalue weighted by atomic mass is 35.5. The number of aromatic carboxylic acids is 1. The number of halogens is 1. The first kappa shape index (κ1) is 17.2. The number of benzene rings is 1. The van der Waals surface area contributed by atoms with Gasteiger partial charge in [0.15, 0.2) is 0 Å². The third kappa shape index (κ3) is 5.20. The standard InChI is InChI=1S/C11H13ClN2O6S/c1-21(19,20)4-2-3-13-10-8(11(15)16)5-7(14(17)18)6-9(10)12/h5-6,13H,2-4H2,1H3,(H,15,16). The van der Waals surface area contributed by atoms with Gasteiger partial charge in [0, 0.05) is 24.9 Å². The van der Waals surface area contributed by atoms with E-state index in [0.29, 0.717) is 0 Å². The van der Waals surface area contributed by atoms with Gasteiger partial charge in [0.1, 0.15) is 9.84 Å². The molecule has 0 saturated carbocycles. The van der Waals surface area contributed by atoms with E-state index in [0.717, 1.165) is 18.4 Å². The fraction of sp³-hybridized carbons (Fsp3) is 0.364. The maximum absolute atomic E-state index is 11.1. The number of carbonyl (C=O) groups is 1. The summed E-state index contributed by atoms with van der Waals surface area (Å²) in [6.45, 7) is 0.172. The number of nitro benzene ring substituents is 1. The number of nitrogens with one attached hydrogen (secondary N) is 1. The van der Waals surface area contributed by atoms with Crippen molar-refractivity contribution in [2.24, 2.45) is 0 Å². The van der Waals surface area contributed by atoms with Gasteiger partial charge in [0.05, 0.1) is 26.9 Å². The molecule has 21 heavy (non-hydrogen) atoms. The van der Waals surface area contributed by atoms with Crippen molar-refractivity contribution >= 4 is 38.8 Å². The van der Waals surface area contributed by atoms with Crippen LogP contribution in [0, 0.1) is 10.1 Å². The molecule has 0 aliphatic rings. The molecule has 0 atom stereocenters. The van der Waals surface area contributed by atoms with E-state index >= 15 is 0 Å². The Morgan fingerprint density at radius 3 is 2.57 bits per heavy atom. The summed E-state index contributed by atoms with van der Waals surface area (Å²) < 4.78 is 22.0. The summed E-state index contributed by atoms with van der Waals surface area (Å²) in [4.78, 5) is 21.1. The van der Waals surface area contributed by atoms with E-state index in [1.165, 1.54) is 0 Å². The average molecular weight is 337 g/mol. The van der Waals surface area contributed by atoms with Crippen LogP contribution in [0.5, 0.6) is 0 Å². The van der Waals surface area contributed by atoms with E-state index in [9.17, 15) is 23.3 Å². The molecule has 0 amide bonds. The first-order valence-corrected chi connectivity index (χ1v) is 8.18. The zero-order chi connectivity index (χ0) is 16.2. The highest BCUT2D eigenvalue weighted by molar-refractivity contribution is 7.90. The Kier molecular flexibility index (Phi) is 5.50. The molecule has 0 bridgehead atoms. The Balaban J connectivity index is 2.96. The molecule has 0 spiro atoms. The van der Waals surface area contributed by atoms with Gasteiger partial charge in [-0.3, -0.25) is 10.1 Å². The molecule has 2 N–H and O–H groups in total. The molecule has 0 fully saturated rings. The fourth-order valence-electron chi connectivity index (χ4n) is 1.59. The Morgan fingerprint density at radius 2 is 2.10 bits per heavy atom. The molecule has 0 unspecified atom stereocenters. The highest BCUT2D eigenvalue weighted by Gasteiger charge is 2.19. The summed E-state index contributed by atoms with van der Waals surface area (Å²) in [5.74, 6) is -1.43. The largest absolute Gasteiger partial charge is 0.478 e. The lowest BCUT2D eigenvalue weighted by Crippen LogP contribution is -2.12. The monoisotopic (exact) mass is 336 g/mol. The molecule has 1 aromatic rings. The molecule has 1 rings (SSSR count). The number of nitro groups is 1. The van der Waals surface area contributed by atoms with Crippen molar-refractivity contribution in [3.8, 4) is 0 Å². The van der Waals surface area contributed by atoms with E-state index in [1.807, 2.05) is 0 Å². The lowest BCUT2D eigenvalue weighted by atomic mass is 10.1. The fourth-order valence-corrected chi connectivity index (χ4v) is 2.54. The number of hydrogen-bond donors (Lipinski definition) is 2. The summed E-state index contributed by atoms with van der Waals surface area (Å²) in [5.41, 5.74) is -0.740. The molecule has 0 aliphatic carbocycles. The minimum absolute atomic E-state index is 0.0308. The lowest BCUT2D eigenvalue weighted by molar-refractivity contribution is -0.384. The van der Waals surface area contributed by atoms with Crippen molar-refractivity contribution in [2.75, 3.05) is 23.9 Å². The second-order valence-electron chi connectivity index (χ2n) is 4.32. The summed E-state index contributed by atoms with van der Waals surface area (Å²) in [6.07, 6.45) is 1.35. The normalized spacial score (nSPS) is 11.1. The predicted molar refractivity (Wildman–Crippen MR) is 77.9 cm³/mol. The second kappa shape index (κ2) is 6.72. The average Bonchev–Trinajstić information content (AvgIpc) is 2.33. The van der Waals surface area contributed by atoms with Crippen molar-refractivity contribution < 1.29 is 23.2 Å². The lowest BCUT2D eigenvalue weighted by Gasteiger charge is -2.11. The van der Waals surface area contributed by atoms with Crippen molar-refractivity contribution in [1.82, 2.24) is 0 Å². The molecular weight excluding hydrogens is 324 g/mol. The van der Waals surface area contributed by atoms with Crippen molar-refractivity contribution in [3.63, 3.8) is 0 Å². The first-order chi connectivity index (χ1) is 9.61. The number of non-ortho nitro benzene ring substituents is 1. The van der Waals surface area contributed by atoms with Gasteiger partial charge in [0.2, 0.25) is 0 Å². The minimum Gasteiger partial charge on any atom is -0.478 e. The Labute approximate surface area is 125 Å². The van der Waals surface area contributed by atoms with Crippen LogP contribution in [0.4, 0.5) is 11.4 Å². The molecule has 1 aromatic carbocycles. The summed E-state index contributed by atoms with van der Waals surface area (Å²) in [6, 6.07) is 1.93. The van der Waals surface area contributed by atoms with Gasteiger partial charge in [-0.2, -0.15) is 0 Å². The summed E-state index contributed by atoms with van der Waals surface area (Å²) in [7, 11) is -3.11. The zero-order valence-electron chi connectivity index (χ0n) is 11.0. The maximum Gasteiger partial charge on any atom is 0.338 e. The summed E-state index contributed by atoms with van der Waals surface area (Å²) >= 11 is 5.84. The molecule has 0 aliphatic heterocycles. The van der Waals surface area contributed by atoms with Crippen LogP contribution >= 0.6 is 11.6 Å². The smallest absolute Gasteiger partial charge is 0.338 e. The number of nitrogens with zero attached hydrogens (tertiary/aromatic N) is 1. The Hall–Kier alpha value is -1.87. The van der Waals surface area contributed by atoms with E-state index < -0.39 is 26.4 Å². The van der Waals surface area contributed by atoms with Gasteiger partial charge in [-0.25, -0.2) is 13.2 Å². The topological polar surface area (TPSA) is 127 Å². The van der Waals surface area contributed by atoms with Crippen LogP contribution in [0.1, 0.15) is 16.8 Å². The number of carboxylic acids is 1. The number of hydrogen-bond acceptors (Lipinski definition) is 6. The van der Waals surface area contributed by atoms with E-state index in [-0.39, 0.29) is 35.0 Å². The number of rotatable bonds is 7. The molecule has 0 saturated heterocycles. The van der Waals surface area contributed by atoms with E-state index in [2.05, 4.69) is 5.32 Å². The van der Waals surface area contributed by atoms with Crippen LogP contribution < -0.4 is 5.32 Å². The zero-order valence-corrected chi connectivity index (χ0v) is 12.6. The molecule has 0 heterocycles. The van der Waals surface area contributed by atoms with E-state index in [4.69, 9.17) is 16.7 Å². The van der Waals surface area contributed by atoms with Gasteiger partial charge in [-0.05, 0) is 6.42 Å². The molecular formula is C11H13ClN2O6S. The van der Waals surface area contributed by atoms with Crippen LogP contribution in [0.15, 0.2) is 12.1 Å². The maximum atomic E-state index is 11.1. The van der Waals surface area contributed by atoms with Crippen molar-refractivity contribution in [1.29, 1.82) is 0 Å². The van der Waals surface area contributed by atoms with Crippen LogP contribution in [-0.4, -0.2) is 43.0 Å². The van der Waals surface area contributed by atoms with Crippen molar-refractivity contribution in [2.45, 2.75) is 6.42 Å². The van der Waals surface area contributed by atoms with Gasteiger partial charge < -0.3 is 10.4 Å². The van der Waals surface area contributed by atoms with Crippen LogP contribution in [0.2, 0.25) is 5.02 Å². The molecule has 8 nitrogen and oxygen atoms in total. The number of sulfone groups is 1. The molecule has 0 aromatic heterocycles. The minimum atomic E-state index is -3.11. The van der Waals surface area contributed by atoms with Gasteiger partial charge in [-0.1, -0.05) is 11.6 Å². The van der Waals surface area contributed by atoms with Crippen LogP contribution in [-0.2, 0) is 9.84 Å². The predicted octanol–water partition coefficient (Wildman–Crippen LogP) is 1.79. The first-order valence-electron chi connectivity index (χ1n) is 5.74. The molecule has 116 valence electrons. The van der Waals surface area contributed by atoms with Gasteiger partial charge in [0.25, 0.3) is 5.69 Å². The van der Waals surface area contributed by atoms with Crippen LogP contribution in [0.25, 0.3) is 0 Å². The quantitative estimate of drug-likeness (QED) is 0.441.